The molecule has 0 aliphatic heterocycles. The van der Waals surface area contributed by atoms with Gasteiger partial charge in [0.1, 0.15) is 0 Å². The first-order chi connectivity index (χ1) is 28.8. The molecule has 0 saturated heterocycles. The van der Waals surface area contributed by atoms with E-state index in [1.807, 2.05) is 0 Å². The molecule has 0 spiro atoms. The number of hydrogen-bond donors (Lipinski definition) is 1. The van der Waals surface area contributed by atoms with Crippen LogP contribution in [0.25, 0.3) is 0 Å². The molecular formula is C19HF42NO5SSi. The maximum atomic E-state index is 16.7. The van der Waals surface area contributed by atoms with E-state index in [-0.39, 0.29) is 0 Å². The third-order valence-corrected chi connectivity index (χ3v) is 13.2. The fraction of sp³-hybridized carbons (Fsp3) is 1.00. The van der Waals surface area contributed by atoms with Gasteiger partial charge in [-0.15, -0.1) is 0 Å². The highest BCUT2D eigenvalue weighted by molar-refractivity contribution is 7.95. The van der Waals surface area contributed by atoms with Gasteiger partial charge in [-0.1, -0.05) is 0 Å². The Hall–Kier alpha value is -2.93. The first kappa shape index (κ1) is 66.1. The van der Waals surface area contributed by atoms with Crippen LogP contribution in [-0.2, 0) is 23.1 Å². The molecule has 0 fully saturated rings. The molecule has 0 bridgehead atoms. The molecule has 416 valence electrons. The molecule has 1 N–H and O–H groups in total. The molecule has 69 heavy (non-hydrogen) atoms. The van der Waals surface area contributed by atoms with Crippen molar-refractivity contribution in [2.24, 2.45) is 0 Å². The normalized spacial score (nSPS) is 17.9. The minimum atomic E-state index is -13.4. The van der Waals surface area contributed by atoms with Crippen molar-refractivity contribution in [3.8, 4) is 0 Å². The summed E-state index contributed by atoms with van der Waals surface area (Å²) in [5.74, 6) is -72.7. The molecule has 0 radical (unpaired) electrons. The number of nitrogens with one attached hydrogen (secondary N) is 1. The van der Waals surface area contributed by atoms with E-state index in [0.29, 0.717) is 0 Å². The molecule has 0 aliphatic carbocycles. The van der Waals surface area contributed by atoms with Crippen LogP contribution >= 0.6 is 0 Å². The smallest absolute Gasteiger partial charge is 0.303 e. The van der Waals surface area contributed by atoms with Crippen LogP contribution in [0.5, 0.6) is 0 Å². The van der Waals surface area contributed by atoms with Crippen molar-refractivity contribution in [1.29, 1.82) is 0 Å². The van der Waals surface area contributed by atoms with Crippen molar-refractivity contribution >= 4 is 18.6 Å². The average molecular weight is 1180 g/mol. The fourth-order valence-electron chi connectivity index (χ4n) is 3.51. The van der Waals surface area contributed by atoms with E-state index in [2.05, 4.69) is 0 Å². The Morgan fingerprint density at radius 2 is 0.507 bits per heavy atom. The third-order valence-electron chi connectivity index (χ3n) is 7.04. The lowest BCUT2D eigenvalue weighted by molar-refractivity contribution is -0.458. The summed E-state index contributed by atoms with van der Waals surface area (Å²) in [6, 6.07) is -18.6. The topological polar surface area (TPSA) is 73.9 Å². The summed E-state index contributed by atoms with van der Waals surface area (Å²) in [4.78, 5) is 0. The molecule has 0 rings (SSSR count). The lowest BCUT2D eigenvalue weighted by Gasteiger charge is -2.49. The lowest BCUT2D eigenvalue weighted by atomic mass is 9.91. The minimum absolute atomic E-state index is 0.760. The van der Waals surface area contributed by atoms with Crippen LogP contribution in [0, 0.1) is 0 Å². The van der Waals surface area contributed by atoms with Gasteiger partial charge in [0.15, 0.2) is 0 Å². The van der Waals surface area contributed by atoms with Gasteiger partial charge >= 0.3 is 121 Å². The van der Waals surface area contributed by atoms with Crippen LogP contribution in [0.4, 0.5) is 184 Å². The van der Waals surface area contributed by atoms with E-state index in [1.54, 1.807) is 0 Å². The minimum Gasteiger partial charge on any atom is -0.303 e. The zero-order chi connectivity index (χ0) is 57.3. The highest BCUT2D eigenvalue weighted by Crippen LogP contribution is 2.68. The van der Waals surface area contributed by atoms with E-state index in [4.69, 9.17) is 0 Å². The van der Waals surface area contributed by atoms with Crippen LogP contribution in [0.1, 0.15) is 0 Å². The average Bonchev–Trinajstić information content (AvgIpc) is 3.03. The van der Waals surface area contributed by atoms with Gasteiger partial charge < -0.3 is 13.3 Å². The molecule has 0 saturated carbocycles. The maximum Gasteiger partial charge on any atom is 0.577 e. The summed E-state index contributed by atoms with van der Waals surface area (Å²) in [7, 11) is -26.1. The van der Waals surface area contributed by atoms with Gasteiger partial charge in [-0.2, -0.15) is 185 Å². The Morgan fingerprint density at radius 3 is 0.725 bits per heavy atom. The van der Waals surface area contributed by atoms with Crippen LogP contribution in [-0.4, -0.2) is 130 Å². The van der Waals surface area contributed by atoms with E-state index < -0.39 is 137 Å². The predicted molar refractivity (Wildman–Crippen MR) is 119 cm³/mol. The number of hydrogen-bond acceptors (Lipinski definition) is 6. The molecule has 1 atom stereocenters. The van der Waals surface area contributed by atoms with Crippen molar-refractivity contribution in [1.82, 2.24) is 5.32 Å². The highest BCUT2D eigenvalue weighted by atomic mass is 32.2. The molecule has 0 heterocycles. The summed E-state index contributed by atoms with van der Waals surface area (Å²) in [5.41, 5.74) is 0. The van der Waals surface area contributed by atoms with Crippen molar-refractivity contribution < 1.29 is 206 Å². The second-order valence-corrected chi connectivity index (χ2v) is 16.7. The number of sulfone groups is 1. The standard InChI is InChI=1S/C19HF42NO5SSi/c20-1(21,3(24,25)5(28,29)8(34,35)36)2(22,23)4(26,27)6(30,31)18(59,60)68(63,64)19(61,7(32,33)13(49,50)62-14(51,52)9(37,38)39)69(65-15(53,54)10(40,41)42,66-16(55,56)11(43,44)45)67-17(57,58)12(46,47)48/h62H. The molecular weight excluding hydrogens is 1180 g/mol. The first-order valence-electron chi connectivity index (χ1n) is 13.9. The number of alkyl halides is 42. The van der Waals surface area contributed by atoms with Gasteiger partial charge in [0.05, 0.1) is 0 Å². The van der Waals surface area contributed by atoms with Gasteiger partial charge in [0.25, 0.3) is 9.84 Å². The summed E-state index contributed by atoms with van der Waals surface area (Å²) >= 11 is 0. The second-order valence-electron chi connectivity index (χ2n) is 11.8. The Bertz CT molecular complexity index is 1880. The third kappa shape index (κ3) is 9.50. The molecule has 50 heteroatoms. The largest absolute Gasteiger partial charge is 0.577 e. The molecule has 0 aliphatic rings. The van der Waals surface area contributed by atoms with Gasteiger partial charge in [-0.3, -0.25) is 0 Å². The number of rotatable bonds is 19. The van der Waals surface area contributed by atoms with E-state index in [9.17, 15) is 171 Å². The quantitative estimate of drug-likeness (QED) is 0.0789. The Labute approximate surface area is 344 Å². The second kappa shape index (κ2) is 16.5. The Balaban J connectivity index is 10.2. The first-order valence-corrected chi connectivity index (χ1v) is 17.1. The maximum absolute atomic E-state index is 16.7. The van der Waals surface area contributed by atoms with Gasteiger partial charge in [-0.25, -0.2) is 12.8 Å². The monoisotopic (exact) mass is 1180 g/mol. The Morgan fingerprint density at radius 1 is 0.275 bits per heavy atom. The SMILES string of the molecule is O=S(=O)(C(F)(F)C(F)(F)C(F)(F)C(F)(F)C(F)(F)C(F)(F)C(F)(F)C(F)(F)F)C(F)(C(F)(F)C(F)(F)NC(F)(F)C(F)(F)F)[Si](OC(F)(F)C(F)(F)F)(OC(F)(F)C(F)(F)F)OC(F)(F)C(F)(F)F. The van der Waals surface area contributed by atoms with Crippen LogP contribution in [0.2, 0.25) is 0 Å². The lowest BCUT2D eigenvalue weighted by Crippen LogP contribution is -2.85. The Kier molecular flexibility index (Phi) is 15.8. The van der Waals surface area contributed by atoms with Crippen molar-refractivity contribution in [3.63, 3.8) is 0 Å². The summed E-state index contributed by atoms with van der Waals surface area (Å²) < 4.78 is 593. The van der Waals surface area contributed by atoms with Crippen LogP contribution in [0.3, 0.4) is 0 Å². The summed E-state index contributed by atoms with van der Waals surface area (Å²) in [6.07, 6.45) is -73.0. The fourth-order valence-corrected chi connectivity index (χ4v) is 9.29. The molecule has 0 aromatic carbocycles. The van der Waals surface area contributed by atoms with Crippen molar-refractivity contribution in [3.05, 3.63) is 0 Å². The van der Waals surface area contributed by atoms with Gasteiger partial charge in [0, 0.05) is 0 Å². The van der Waals surface area contributed by atoms with Crippen LogP contribution in [0.15, 0.2) is 0 Å². The zero-order valence-corrected chi connectivity index (χ0v) is 30.6. The highest BCUT2D eigenvalue weighted by Gasteiger charge is 3.02. The number of halogens is 42. The predicted octanol–water partition coefficient (Wildman–Crippen LogP) is 12.0. The van der Waals surface area contributed by atoms with E-state index in [0.717, 1.165) is 13.3 Å². The zero-order valence-electron chi connectivity index (χ0n) is 28.8. The van der Waals surface area contributed by atoms with E-state index >= 15 is 22.0 Å². The van der Waals surface area contributed by atoms with Gasteiger partial charge in [-0.05, 0) is 0 Å². The van der Waals surface area contributed by atoms with Gasteiger partial charge in [0.2, 0.25) is 0 Å². The molecule has 0 amide bonds. The summed E-state index contributed by atoms with van der Waals surface area (Å²) in [6.45, 7) is 0. The molecule has 0 aromatic heterocycles. The summed E-state index contributed by atoms with van der Waals surface area (Å²) in [5, 5.41) is -14.1. The van der Waals surface area contributed by atoms with Crippen molar-refractivity contribution in [2.45, 2.75) is 113 Å². The molecule has 1 unspecified atom stereocenters. The molecule has 0 aromatic rings. The molecule has 6 nitrogen and oxygen atoms in total. The van der Waals surface area contributed by atoms with Crippen LogP contribution < -0.4 is 5.32 Å². The van der Waals surface area contributed by atoms with E-state index in [1.165, 1.54) is 0 Å². The van der Waals surface area contributed by atoms with Crippen molar-refractivity contribution in [2.75, 3.05) is 0 Å².